The second-order valence-electron chi connectivity index (χ2n) is 3.66. The summed E-state index contributed by atoms with van der Waals surface area (Å²) >= 11 is 2.66. The van der Waals surface area contributed by atoms with Gasteiger partial charge in [-0.3, -0.25) is 4.79 Å². The first-order valence-corrected chi connectivity index (χ1v) is 7.33. The Balaban J connectivity index is 2.40. The van der Waals surface area contributed by atoms with Gasteiger partial charge in [0.2, 0.25) is 5.13 Å². The van der Waals surface area contributed by atoms with Crippen LogP contribution in [0, 0.1) is 0 Å². The molecule has 0 atom stereocenters. The topological polar surface area (TPSA) is 66.3 Å². The van der Waals surface area contributed by atoms with Crippen molar-refractivity contribution < 1.29 is 9.90 Å². The Morgan fingerprint density at radius 3 is 2.88 bits per heavy atom. The van der Waals surface area contributed by atoms with Gasteiger partial charge in [-0.2, -0.15) is 0 Å². The van der Waals surface area contributed by atoms with Crippen LogP contribution in [0.25, 0.3) is 0 Å². The van der Waals surface area contributed by atoms with Gasteiger partial charge >= 0.3 is 5.97 Å². The fraction of sp³-hybridized carbons (Fsp3) is 0.700. The fourth-order valence-electron chi connectivity index (χ4n) is 1.23. The highest BCUT2D eigenvalue weighted by Gasteiger charge is 2.10. The van der Waals surface area contributed by atoms with Gasteiger partial charge < -0.3 is 10.0 Å². The molecule has 96 valence electrons. The van der Waals surface area contributed by atoms with Crippen LogP contribution in [0.5, 0.6) is 0 Å². The van der Waals surface area contributed by atoms with Gasteiger partial charge in [-0.05, 0) is 6.42 Å². The van der Waals surface area contributed by atoms with Crippen LogP contribution in [0.15, 0.2) is 4.34 Å². The zero-order valence-corrected chi connectivity index (χ0v) is 11.7. The Hall–Kier alpha value is -0.820. The number of hydrogen-bond donors (Lipinski definition) is 1. The van der Waals surface area contributed by atoms with Gasteiger partial charge in [0.15, 0.2) is 4.34 Å². The molecular formula is C10H17N3O2S2. The van der Waals surface area contributed by atoms with E-state index in [9.17, 15) is 4.79 Å². The molecule has 1 aromatic heterocycles. The third kappa shape index (κ3) is 5.36. The number of nitrogens with zero attached hydrogens (tertiary/aromatic N) is 3. The summed E-state index contributed by atoms with van der Waals surface area (Å²) in [6.07, 6.45) is 3.55. The van der Waals surface area contributed by atoms with Crippen molar-refractivity contribution in [3.63, 3.8) is 0 Å². The first kappa shape index (κ1) is 14.2. The number of thioether (sulfide) groups is 1. The molecule has 0 saturated heterocycles. The van der Waals surface area contributed by atoms with Crippen molar-refractivity contribution in [1.29, 1.82) is 0 Å². The molecule has 7 heteroatoms. The average Bonchev–Trinajstić information content (AvgIpc) is 2.75. The lowest BCUT2D eigenvalue weighted by Gasteiger charge is -2.13. The molecule has 0 amide bonds. The third-order valence-electron chi connectivity index (χ3n) is 2.14. The summed E-state index contributed by atoms with van der Waals surface area (Å²) in [5, 5.41) is 17.4. The van der Waals surface area contributed by atoms with Gasteiger partial charge in [-0.25, -0.2) is 0 Å². The molecule has 0 aliphatic heterocycles. The van der Waals surface area contributed by atoms with Crippen LogP contribution in [0.4, 0.5) is 5.13 Å². The molecule has 0 saturated carbocycles. The summed E-state index contributed by atoms with van der Waals surface area (Å²) in [6, 6.07) is 0. The van der Waals surface area contributed by atoms with Gasteiger partial charge in [0.25, 0.3) is 0 Å². The average molecular weight is 275 g/mol. The van der Waals surface area contributed by atoms with Crippen molar-refractivity contribution in [2.75, 3.05) is 24.2 Å². The van der Waals surface area contributed by atoms with E-state index >= 15 is 0 Å². The molecule has 0 aliphatic carbocycles. The summed E-state index contributed by atoms with van der Waals surface area (Å²) in [5.41, 5.74) is 0. The molecule has 1 N–H and O–H groups in total. The normalized spacial score (nSPS) is 10.5. The number of carboxylic acid groups (broad SMARTS) is 1. The molecule has 0 fully saturated rings. The van der Waals surface area contributed by atoms with Gasteiger partial charge in [0, 0.05) is 13.6 Å². The van der Waals surface area contributed by atoms with Crippen molar-refractivity contribution in [1.82, 2.24) is 10.2 Å². The molecule has 0 bridgehead atoms. The van der Waals surface area contributed by atoms with E-state index in [2.05, 4.69) is 22.0 Å². The van der Waals surface area contributed by atoms with Crippen LogP contribution in [-0.2, 0) is 4.79 Å². The maximum absolute atomic E-state index is 10.4. The third-order valence-corrected chi connectivity index (χ3v) is 4.29. The number of hydrogen-bond acceptors (Lipinski definition) is 6. The summed E-state index contributed by atoms with van der Waals surface area (Å²) in [7, 11) is 1.99. The highest BCUT2D eigenvalue weighted by Crippen LogP contribution is 2.27. The van der Waals surface area contributed by atoms with Gasteiger partial charge in [-0.15, -0.1) is 10.2 Å². The first-order valence-electron chi connectivity index (χ1n) is 5.52. The Labute approximate surface area is 109 Å². The molecule has 0 radical (unpaired) electrons. The van der Waals surface area contributed by atoms with E-state index in [1.54, 1.807) is 0 Å². The molecule has 0 aromatic carbocycles. The Bertz CT molecular complexity index is 357. The van der Waals surface area contributed by atoms with Crippen molar-refractivity contribution >= 4 is 34.2 Å². The van der Waals surface area contributed by atoms with Crippen molar-refractivity contribution in [2.24, 2.45) is 0 Å². The number of carbonyl (C=O) groups is 1. The molecule has 1 heterocycles. The first-order chi connectivity index (χ1) is 8.13. The molecule has 0 spiro atoms. The van der Waals surface area contributed by atoms with Crippen molar-refractivity contribution in [3.8, 4) is 0 Å². The predicted molar refractivity (Wildman–Crippen MR) is 71.1 cm³/mol. The highest BCUT2D eigenvalue weighted by atomic mass is 32.2. The number of carboxylic acids is 1. The van der Waals surface area contributed by atoms with Crippen LogP contribution in [0.1, 0.15) is 26.2 Å². The van der Waals surface area contributed by atoms with Crippen molar-refractivity contribution in [3.05, 3.63) is 0 Å². The quantitative estimate of drug-likeness (QED) is 0.580. The van der Waals surface area contributed by atoms with E-state index in [0.717, 1.165) is 18.1 Å². The monoisotopic (exact) mass is 275 g/mol. The summed E-state index contributed by atoms with van der Waals surface area (Å²) in [4.78, 5) is 12.5. The van der Waals surface area contributed by atoms with Crippen LogP contribution < -0.4 is 4.90 Å². The summed E-state index contributed by atoms with van der Waals surface area (Å²) < 4.78 is 0.713. The second kappa shape index (κ2) is 7.50. The minimum absolute atomic E-state index is 0.0359. The number of aliphatic carboxylic acids is 1. The second-order valence-corrected chi connectivity index (χ2v) is 5.84. The van der Waals surface area contributed by atoms with Crippen LogP contribution >= 0.6 is 23.1 Å². The zero-order chi connectivity index (χ0) is 12.7. The van der Waals surface area contributed by atoms with Gasteiger partial charge in [0.05, 0.1) is 5.75 Å². The van der Waals surface area contributed by atoms with E-state index in [1.807, 2.05) is 7.05 Å². The SMILES string of the molecule is CCCCCN(C)c1nnc(SCC(=O)O)s1. The van der Waals surface area contributed by atoms with Crippen LogP contribution in [0.2, 0.25) is 0 Å². The zero-order valence-electron chi connectivity index (χ0n) is 10.0. The number of anilines is 1. The maximum atomic E-state index is 10.4. The summed E-state index contributed by atoms with van der Waals surface area (Å²) in [6.45, 7) is 3.14. The minimum atomic E-state index is -0.831. The Morgan fingerprint density at radius 2 is 2.24 bits per heavy atom. The molecule has 0 unspecified atom stereocenters. The number of rotatable bonds is 8. The van der Waals surface area contributed by atoms with Gasteiger partial charge in [0.1, 0.15) is 0 Å². The molecule has 1 aromatic rings. The number of unbranched alkanes of at least 4 members (excludes halogenated alkanes) is 2. The van der Waals surface area contributed by atoms with E-state index in [1.165, 1.54) is 35.9 Å². The minimum Gasteiger partial charge on any atom is -0.481 e. The smallest absolute Gasteiger partial charge is 0.313 e. The molecule has 0 aliphatic rings. The lowest BCUT2D eigenvalue weighted by Crippen LogP contribution is -2.18. The summed E-state index contributed by atoms with van der Waals surface area (Å²) in [5.74, 6) is -0.795. The fourth-order valence-corrected chi connectivity index (χ4v) is 2.78. The molecular weight excluding hydrogens is 258 g/mol. The number of aromatic nitrogens is 2. The van der Waals surface area contributed by atoms with E-state index in [-0.39, 0.29) is 5.75 Å². The molecule has 5 nitrogen and oxygen atoms in total. The lowest BCUT2D eigenvalue weighted by molar-refractivity contribution is -0.133. The maximum Gasteiger partial charge on any atom is 0.313 e. The standard InChI is InChI=1S/C10H17N3O2S2/c1-3-4-5-6-13(2)9-11-12-10(17-9)16-7-8(14)15/h3-7H2,1-2H3,(H,14,15). The van der Waals surface area contributed by atoms with Crippen LogP contribution in [-0.4, -0.2) is 40.6 Å². The Morgan fingerprint density at radius 1 is 1.47 bits per heavy atom. The van der Waals surface area contributed by atoms with E-state index in [4.69, 9.17) is 5.11 Å². The van der Waals surface area contributed by atoms with E-state index in [0.29, 0.717) is 4.34 Å². The van der Waals surface area contributed by atoms with E-state index < -0.39 is 5.97 Å². The largest absolute Gasteiger partial charge is 0.481 e. The highest BCUT2D eigenvalue weighted by molar-refractivity contribution is 8.01. The molecule has 17 heavy (non-hydrogen) atoms. The van der Waals surface area contributed by atoms with Crippen molar-refractivity contribution in [2.45, 2.75) is 30.5 Å². The van der Waals surface area contributed by atoms with Gasteiger partial charge in [-0.1, -0.05) is 42.9 Å². The van der Waals surface area contributed by atoms with Crippen LogP contribution in [0.3, 0.4) is 0 Å². The Kier molecular flexibility index (Phi) is 6.28. The lowest BCUT2D eigenvalue weighted by atomic mass is 10.2. The predicted octanol–water partition coefficient (Wildman–Crippen LogP) is 2.34. The molecule has 1 rings (SSSR count).